The molecule has 1 aromatic carbocycles. The second kappa shape index (κ2) is 10.1. The fourth-order valence-corrected chi connectivity index (χ4v) is 4.78. The van der Waals surface area contributed by atoms with Gasteiger partial charge in [-0.05, 0) is 55.7 Å². The van der Waals surface area contributed by atoms with Gasteiger partial charge in [0.05, 0.1) is 0 Å². The van der Waals surface area contributed by atoms with Gasteiger partial charge in [-0.3, -0.25) is 14.6 Å². The van der Waals surface area contributed by atoms with Gasteiger partial charge >= 0.3 is 0 Å². The third-order valence-corrected chi connectivity index (χ3v) is 6.59. The monoisotopic (exact) mass is 421 g/mol. The zero-order valence-electron chi connectivity index (χ0n) is 18.2. The molecule has 2 amide bonds. The van der Waals surface area contributed by atoms with Crippen molar-refractivity contribution in [3.63, 3.8) is 0 Å². The highest BCUT2D eigenvalue weighted by atomic mass is 16.5. The van der Waals surface area contributed by atoms with E-state index in [0.29, 0.717) is 18.2 Å². The Bertz CT molecular complexity index is 860. The molecule has 0 radical (unpaired) electrons. The number of amides is 2. The Morgan fingerprint density at radius 1 is 1.10 bits per heavy atom. The average molecular weight is 422 g/mol. The maximum atomic E-state index is 13.1. The highest BCUT2D eigenvalue weighted by Gasteiger charge is 2.35. The first-order valence-electron chi connectivity index (χ1n) is 11.3. The van der Waals surface area contributed by atoms with Crippen LogP contribution in [0.4, 0.5) is 0 Å². The molecule has 2 saturated heterocycles. The second-order valence-electron chi connectivity index (χ2n) is 8.55. The number of carbonyl (C=O) groups is 2. The van der Waals surface area contributed by atoms with Gasteiger partial charge in [-0.15, -0.1) is 0 Å². The summed E-state index contributed by atoms with van der Waals surface area (Å²) in [5.74, 6) is 0.402. The Morgan fingerprint density at radius 3 is 2.48 bits per heavy atom. The number of pyridine rings is 1. The number of benzene rings is 1. The van der Waals surface area contributed by atoms with Crippen molar-refractivity contribution in [1.29, 1.82) is 0 Å². The van der Waals surface area contributed by atoms with Gasteiger partial charge in [0, 0.05) is 39.0 Å². The molecule has 0 N–H and O–H groups in total. The number of likely N-dealkylation sites (N-methyl/N-ethyl adjacent to an activating group) is 1. The molecule has 1 aromatic heterocycles. The number of hydrogen-bond donors (Lipinski definition) is 0. The Hall–Kier alpha value is -2.73. The van der Waals surface area contributed by atoms with Crippen LogP contribution in [0.25, 0.3) is 0 Å². The van der Waals surface area contributed by atoms with Crippen LogP contribution in [0.3, 0.4) is 0 Å². The SMILES string of the molecule is CN(C(=O)c1ccccn1)[C@H](Cc1ccccc1)C1CCN(C(=O)[C@H]2CCCO2)CC1. The first kappa shape index (κ1) is 21.5. The summed E-state index contributed by atoms with van der Waals surface area (Å²) in [5.41, 5.74) is 1.68. The van der Waals surface area contributed by atoms with E-state index in [9.17, 15) is 9.59 Å². The lowest BCUT2D eigenvalue weighted by molar-refractivity contribution is -0.142. The quantitative estimate of drug-likeness (QED) is 0.719. The minimum Gasteiger partial charge on any atom is -0.368 e. The predicted octanol–water partition coefficient (Wildman–Crippen LogP) is 3.18. The number of carbonyl (C=O) groups excluding carboxylic acids is 2. The molecule has 0 spiro atoms. The van der Waals surface area contributed by atoms with Gasteiger partial charge in [0.25, 0.3) is 11.8 Å². The van der Waals surface area contributed by atoms with Crippen molar-refractivity contribution < 1.29 is 14.3 Å². The Balaban J connectivity index is 1.47. The Kier molecular flexibility index (Phi) is 6.97. The van der Waals surface area contributed by atoms with Gasteiger partial charge in [-0.2, -0.15) is 0 Å². The third-order valence-electron chi connectivity index (χ3n) is 6.59. The highest BCUT2D eigenvalue weighted by molar-refractivity contribution is 5.92. The number of ether oxygens (including phenoxy) is 1. The summed E-state index contributed by atoms with van der Waals surface area (Å²) < 4.78 is 5.59. The summed E-state index contributed by atoms with van der Waals surface area (Å²) in [6.45, 7) is 2.13. The van der Waals surface area contributed by atoms with E-state index in [2.05, 4.69) is 17.1 Å². The molecule has 2 fully saturated rings. The van der Waals surface area contributed by atoms with Crippen molar-refractivity contribution >= 4 is 11.8 Å². The third kappa shape index (κ3) is 5.13. The van der Waals surface area contributed by atoms with Gasteiger partial charge in [0.2, 0.25) is 0 Å². The van der Waals surface area contributed by atoms with Crippen molar-refractivity contribution in [2.45, 2.75) is 44.2 Å². The molecular weight excluding hydrogens is 390 g/mol. The number of piperidine rings is 1. The first-order valence-corrected chi connectivity index (χ1v) is 11.3. The summed E-state index contributed by atoms with van der Waals surface area (Å²) >= 11 is 0. The van der Waals surface area contributed by atoms with Gasteiger partial charge in [0.1, 0.15) is 11.8 Å². The van der Waals surface area contributed by atoms with Crippen molar-refractivity contribution in [3.8, 4) is 0 Å². The highest BCUT2D eigenvalue weighted by Crippen LogP contribution is 2.28. The van der Waals surface area contributed by atoms with Crippen molar-refractivity contribution in [2.75, 3.05) is 26.7 Å². The summed E-state index contributed by atoms with van der Waals surface area (Å²) in [6, 6.07) is 15.8. The van der Waals surface area contributed by atoms with Crippen molar-refractivity contribution in [2.24, 2.45) is 5.92 Å². The van der Waals surface area contributed by atoms with E-state index in [1.165, 1.54) is 5.56 Å². The van der Waals surface area contributed by atoms with E-state index in [4.69, 9.17) is 4.74 Å². The fraction of sp³-hybridized carbons (Fsp3) is 0.480. The number of rotatable bonds is 6. The van der Waals surface area contributed by atoms with E-state index in [0.717, 1.165) is 45.2 Å². The zero-order chi connectivity index (χ0) is 21.6. The molecule has 31 heavy (non-hydrogen) atoms. The van der Waals surface area contributed by atoms with Gasteiger partial charge in [0.15, 0.2) is 0 Å². The standard InChI is InChI=1S/C25H31N3O3/c1-27(24(29)21-10-5-6-14-26-21)22(18-19-8-3-2-4-9-19)20-12-15-28(16-13-20)25(30)23-11-7-17-31-23/h2-6,8-10,14,20,22-23H,7,11-13,15-18H2,1H3/t22-,23-/m1/s1. The summed E-state index contributed by atoms with van der Waals surface area (Å²) in [4.78, 5) is 33.9. The van der Waals surface area contributed by atoms with Crippen LogP contribution in [0.2, 0.25) is 0 Å². The van der Waals surface area contributed by atoms with Crippen LogP contribution >= 0.6 is 0 Å². The van der Waals surface area contributed by atoms with Crippen LogP contribution < -0.4 is 0 Å². The van der Waals surface area contributed by atoms with E-state index in [-0.39, 0.29) is 24.0 Å². The Labute approximate surface area is 184 Å². The molecule has 164 valence electrons. The molecule has 3 heterocycles. The van der Waals surface area contributed by atoms with Crippen LogP contribution in [-0.4, -0.2) is 65.5 Å². The van der Waals surface area contributed by atoms with E-state index < -0.39 is 0 Å². The fourth-order valence-electron chi connectivity index (χ4n) is 4.78. The van der Waals surface area contributed by atoms with Crippen LogP contribution in [0, 0.1) is 5.92 Å². The average Bonchev–Trinajstić information content (AvgIpc) is 3.38. The van der Waals surface area contributed by atoms with Crippen LogP contribution in [0.5, 0.6) is 0 Å². The lowest BCUT2D eigenvalue weighted by Gasteiger charge is -2.40. The molecule has 0 unspecified atom stereocenters. The smallest absolute Gasteiger partial charge is 0.272 e. The largest absolute Gasteiger partial charge is 0.368 e. The normalized spacial score (nSPS) is 20.4. The summed E-state index contributed by atoms with van der Waals surface area (Å²) in [5, 5.41) is 0. The van der Waals surface area contributed by atoms with Crippen LogP contribution in [0.15, 0.2) is 54.7 Å². The number of aromatic nitrogens is 1. The molecule has 0 bridgehead atoms. The molecule has 4 rings (SSSR count). The minimum absolute atomic E-state index is 0.0527. The Morgan fingerprint density at radius 2 is 1.84 bits per heavy atom. The molecule has 2 aromatic rings. The zero-order valence-corrected chi connectivity index (χ0v) is 18.2. The number of hydrogen-bond acceptors (Lipinski definition) is 4. The molecule has 2 aliphatic heterocycles. The summed E-state index contributed by atoms with van der Waals surface area (Å²) in [7, 11) is 1.88. The van der Waals surface area contributed by atoms with E-state index in [1.807, 2.05) is 47.2 Å². The second-order valence-corrected chi connectivity index (χ2v) is 8.55. The van der Waals surface area contributed by atoms with Gasteiger partial charge < -0.3 is 14.5 Å². The molecule has 0 aliphatic carbocycles. The molecule has 0 saturated carbocycles. The predicted molar refractivity (Wildman–Crippen MR) is 119 cm³/mol. The first-order chi connectivity index (χ1) is 15.1. The van der Waals surface area contributed by atoms with Crippen LogP contribution in [0.1, 0.15) is 41.7 Å². The molecule has 2 aliphatic rings. The maximum Gasteiger partial charge on any atom is 0.272 e. The van der Waals surface area contributed by atoms with E-state index in [1.54, 1.807) is 12.3 Å². The van der Waals surface area contributed by atoms with Crippen molar-refractivity contribution in [1.82, 2.24) is 14.8 Å². The van der Waals surface area contributed by atoms with Gasteiger partial charge in [-0.25, -0.2) is 0 Å². The van der Waals surface area contributed by atoms with E-state index >= 15 is 0 Å². The van der Waals surface area contributed by atoms with Crippen molar-refractivity contribution in [3.05, 3.63) is 66.0 Å². The lowest BCUT2D eigenvalue weighted by Crippen LogP contribution is -2.50. The topological polar surface area (TPSA) is 62.7 Å². The number of nitrogens with zero attached hydrogens (tertiary/aromatic N) is 3. The molecule has 6 heteroatoms. The minimum atomic E-state index is -0.259. The number of likely N-dealkylation sites (tertiary alicyclic amines) is 1. The molecular formula is C25H31N3O3. The molecule has 6 nitrogen and oxygen atoms in total. The molecule has 2 atom stereocenters. The van der Waals surface area contributed by atoms with Crippen LogP contribution in [-0.2, 0) is 16.0 Å². The van der Waals surface area contributed by atoms with Gasteiger partial charge in [-0.1, -0.05) is 36.4 Å². The summed E-state index contributed by atoms with van der Waals surface area (Å²) in [6.07, 6.45) is 5.75. The lowest BCUT2D eigenvalue weighted by atomic mass is 9.84. The maximum absolute atomic E-state index is 13.1.